The Hall–Kier alpha value is -0.860. The maximum absolute atomic E-state index is 5.59. The van der Waals surface area contributed by atoms with Crippen LogP contribution in [0.4, 0.5) is 0 Å². The highest BCUT2D eigenvalue weighted by Crippen LogP contribution is 2.41. The number of hydrogen-bond acceptors (Lipinski definition) is 2. The Kier molecular flexibility index (Phi) is 3.64. The molecule has 1 heterocycles. The van der Waals surface area contributed by atoms with Crippen molar-refractivity contribution in [2.75, 3.05) is 13.2 Å². The van der Waals surface area contributed by atoms with Crippen LogP contribution in [0.3, 0.4) is 0 Å². The molecule has 2 aliphatic rings. The summed E-state index contributed by atoms with van der Waals surface area (Å²) in [7, 11) is 0. The van der Waals surface area contributed by atoms with Crippen molar-refractivity contribution in [1.29, 1.82) is 0 Å². The van der Waals surface area contributed by atoms with Gasteiger partial charge in [-0.25, -0.2) is 0 Å². The lowest BCUT2D eigenvalue weighted by atomic mass is 9.71. The van der Waals surface area contributed by atoms with E-state index in [1.807, 2.05) is 0 Å². The zero-order valence-electron chi connectivity index (χ0n) is 12.1. The van der Waals surface area contributed by atoms with Gasteiger partial charge >= 0.3 is 0 Å². The third-order valence-electron chi connectivity index (χ3n) is 4.72. The van der Waals surface area contributed by atoms with Crippen LogP contribution >= 0.6 is 0 Å². The van der Waals surface area contributed by atoms with Crippen LogP contribution < -0.4 is 5.32 Å². The highest BCUT2D eigenvalue weighted by Gasteiger charge is 2.33. The maximum Gasteiger partial charge on any atom is 0.0619 e. The normalized spacial score (nSPS) is 29.8. The average molecular weight is 259 g/mol. The van der Waals surface area contributed by atoms with Crippen LogP contribution in [0, 0.1) is 0 Å². The summed E-state index contributed by atoms with van der Waals surface area (Å²) in [5.41, 5.74) is 3.34. The van der Waals surface area contributed by atoms with Crippen molar-refractivity contribution in [2.45, 2.75) is 57.0 Å². The topological polar surface area (TPSA) is 21.3 Å². The molecule has 0 spiro atoms. The summed E-state index contributed by atoms with van der Waals surface area (Å²) in [5.74, 6) is 0. The molecule has 0 bridgehead atoms. The Labute approximate surface area is 116 Å². The molecule has 0 radical (unpaired) electrons. The van der Waals surface area contributed by atoms with Crippen LogP contribution in [0.2, 0.25) is 0 Å². The van der Waals surface area contributed by atoms with Crippen molar-refractivity contribution in [1.82, 2.24) is 5.32 Å². The summed E-state index contributed by atoms with van der Waals surface area (Å²) in [6, 6.07) is 10.0. The van der Waals surface area contributed by atoms with E-state index < -0.39 is 0 Å². The zero-order chi connectivity index (χ0) is 13.3. The number of fused-ring (bicyclic) bond motifs is 1. The summed E-state index contributed by atoms with van der Waals surface area (Å²) in [6.45, 7) is 6.55. The quantitative estimate of drug-likeness (QED) is 0.876. The molecule has 3 rings (SSSR count). The lowest BCUT2D eigenvalue weighted by molar-refractivity contribution is 0.0648. The van der Waals surface area contributed by atoms with Gasteiger partial charge in [-0.2, -0.15) is 0 Å². The number of rotatable bonds is 2. The van der Waals surface area contributed by atoms with Gasteiger partial charge in [0.05, 0.1) is 6.61 Å². The van der Waals surface area contributed by atoms with E-state index >= 15 is 0 Å². The Morgan fingerprint density at radius 1 is 1.21 bits per heavy atom. The van der Waals surface area contributed by atoms with Gasteiger partial charge in [-0.15, -0.1) is 0 Å². The van der Waals surface area contributed by atoms with Crippen LogP contribution in [-0.2, 0) is 10.2 Å². The second-order valence-electron chi connectivity index (χ2n) is 6.64. The highest BCUT2D eigenvalue weighted by molar-refractivity contribution is 5.38. The molecule has 1 aliphatic carbocycles. The van der Waals surface area contributed by atoms with Gasteiger partial charge in [-0.3, -0.25) is 0 Å². The van der Waals surface area contributed by atoms with E-state index in [0.29, 0.717) is 17.5 Å². The van der Waals surface area contributed by atoms with Crippen LogP contribution in [0.15, 0.2) is 24.3 Å². The Balaban J connectivity index is 1.80. The lowest BCUT2D eigenvalue weighted by Gasteiger charge is -2.39. The first-order valence-corrected chi connectivity index (χ1v) is 7.60. The Morgan fingerprint density at radius 3 is 2.84 bits per heavy atom. The number of ether oxygens (including phenoxy) is 1. The number of benzene rings is 1. The molecule has 1 aromatic carbocycles. The predicted octanol–water partition coefficient (Wildman–Crippen LogP) is 3.57. The van der Waals surface area contributed by atoms with Crippen LogP contribution in [0.25, 0.3) is 0 Å². The first-order valence-electron chi connectivity index (χ1n) is 7.60. The van der Waals surface area contributed by atoms with E-state index in [-0.39, 0.29) is 0 Å². The first-order chi connectivity index (χ1) is 9.17. The lowest BCUT2D eigenvalue weighted by Crippen LogP contribution is -2.42. The van der Waals surface area contributed by atoms with Crippen LogP contribution in [0.5, 0.6) is 0 Å². The van der Waals surface area contributed by atoms with Gasteiger partial charge in [0.1, 0.15) is 0 Å². The zero-order valence-corrected chi connectivity index (χ0v) is 12.1. The Bertz CT molecular complexity index is 435. The van der Waals surface area contributed by atoms with E-state index in [9.17, 15) is 0 Å². The van der Waals surface area contributed by atoms with Crippen molar-refractivity contribution in [3.05, 3.63) is 35.4 Å². The second-order valence-corrected chi connectivity index (χ2v) is 6.64. The molecule has 1 saturated heterocycles. The van der Waals surface area contributed by atoms with E-state index in [1.54, 1.807) is 0 Å². The minimum absolute atomic E-state index is 0.317. The van der Waals surface area contributed by atoms with Gasteiger partial charge in [0.25, 0.3) is 0 Å². The smallest absolute Gasteiger partial charge is 0.0619 e. The molecule has 1 aliphatic heterocycles. The van der Waals surface area contributed by atoms with Gasteiger partial charge in [0, 0.05) is 18.7 Å². The summed E-state index contributed by atoms with van der Waals surface area (Å²) < 4.78 is 5.59. The summed E-state index contributed by atoms with van der Waals surface area (Å²) in [5, 5.41) is 3.83. The van der Waals surface area contributed by atoms with Gasteiger partial charge < -0.3 is 10.1 Å². The third kappa shape index (κ3) is 2.70. The van der Waals surface area contributed by atoms with Gasteiger partial charge in [-0.05, 0) is 42.2 Å². The highest BCUT2D eigenvalue weighted by atomic mass is 16.5. The molecule has 1 aromatic rings. The minimum Gasteiger partial charge on any atom is -0.380 e. The summed E-state index contributed by atoms with van der Waals surface area (Å²) in [4.78, 5) is 0. The largest absolute Gasteiger partial charge is 0.380 e. The van der Waals surface area contributed by atoms with Gasteiger partial charge in [-0.1, -0.05) is 38.1 Å². The molecule has 19 heavy (non-hydrogen) atoms. The summed E-state index contributed by atoms with van der Waals surface area (Å²) >= 11 is 0. The van der Waals surface area contributed by atoms with E-state index in [1.165, 1.54) is 36.8 Å². The molecule has 2 nitrogen and oxygen atoms in total. The van der Waals surface area contributed by atoms with Gasteiger partial charge in [0.2, 0.25) is 0 Å². The molecule has 0 aromatic heterocycles. The average Bonchev–Trinajstić information content (AvgIpc) is 2.44. The standard InChI is InChI=1S/C17H25NO/c1-17(2)10-9-16(14-7-3-4-8-15(14)17)18-13-6-5-11-19-12-13/h3-4,7-8,13,16,18H,5-6,9-12H2,1-2H3. The fraction of sp³-hybridized carbons (Fsp3) is 0.647. The SMILES string of the molecule is CC1(C)CCC(NC2CCCOC2)c2ccccc21. The van der Waals surface area contributed by atoms with Crippen molar-refractivity contribution >= 4 is 0 Å². The van der Waals surface area contributed by atoms with Crippen molar-refractivity contribution in [3.8, 4) is 0 Å². The van der Waals surface area contributed by atoms with E-state index in [4.69, 9.17) is 4.74 Å². The van der Waals surface area contributed by atoms with Crippen molar-refractivity contribution in [3.63, 3.8) is 0 Å². The van der Waals surface area contributed by atoms with Crippen LogP contribution in [0.1, 0.15) is 56.7 Å². The molecule has 0 saturated carbocycles. The molecule has 2 heteroatoms. The Morgan fingerprint density at radius 2 is 2.05 bits per heavy atom. The van der Waals surface area contributed by atoms with E-state index in [2.05, 4.69) is 43.4 Å². The van der Waals surface area contributed by atoms with Crippen LogP contribution in [-0.4, -0.2) is 19.3 Å². The fourth-order valence-corrected chi connectivity index (χ4v) is 3.54. The van der Waals surface area contributed by atoms with Gasteiger partial charge in [0.15, 0.2) is 0 Å². The van der Waals surface area contributed by atoms with E-state index in [0.717, 1.165) is 13.2 Å². The molecule has 2 atom stereocenters. The van der Waals surface area contributed by atoms with Crippen molar-refractivity contribution < 1.29 is 4.74 Å². The first kappa shape index (κ1) is 13.1. The molecule has 2 unspecified atom stereocenters. The molecule has 104 valence electrons. The molecular weight excluding hydrogens is 234 g/mol. The minimum atomic E-state index is 0.317. The van der Waals surface area contributed by atoms with Crippen molar-refractivity contribution in [2.24, 2.45) is 0 Å². The third-order valence-corrected chi connectivity index (χ3v) is 4.72. The fourth-order valence-electron chi connectivity index (χ4n) is 3.54. The second kappa shape index (κ2) is 5.26. The number of nitrogens with one attached hydrogen (secondary N) is 1. The molecule has 1 fully saturated rings. The monoisotopic (exact) mass is 259 g/mol. The predicted molar refractivity (Wildman–Crippen MR) is 78.4 cm³/mol. The summed E-state index contributed by atoms with van der Waals surface area (Å²) in [6.07, 6.45) is 4.94. The molecule has 1 N–H and O–H groups in total. The number of hydrogen-bond donors (Lipinski definition) is 1. The maximum atomic E-state index is 5.59. The molecular formula is C17H25NO. The molecule has 0 amide bonds.